The second-order valence-corrected chi connectivity index (χ2v) is 5.00. The lowest BCUT2D eigenvalue weighted by atomic mass is 10.2. The van der Waals surface area contributed by atoms with Gasteiger partial charge in [-0.15, -0.1) is 15.0 Å². The summed E-state index contributed by atoms with van der Waals surface area (Å²) < 4.78 is 0. The molecule has 2 aromatic rings. The van der Waals surface area contributed by atoms with Gasteiger partial charge in [0.2, 0.25) is 5.69 Å². The highest BCUT2D eigenvalue weighted by molar-refractivity contribution is 5.91. The molecule has 1 saturated heterocycles. The van der Waals surface area contributed by atoms with Crippen molar-refractivity contribution in [2.75, 3.05) is 18.0 Å². The highest BCUT2D eigenvalue weighted by Gasteiger charge is 2.25. The Morgan fingerprint density at radius 3 is 2.40 bits per heavy atom. The molecular formula is C14H16N4O2. The number of aromatic nitrogens is 3. The summed E-state index contributed by atoms with van der Waals surface area (Å²) in [4.78, 5) is 14.7. The number of nitrogens with zero attached hydrogens (tertiary/aromatic N) is 4. The molecular weight excluding hydrogens is 256 g/mol. The summed E-state index contributed by atoms with van der Waals surface area (Å²) in [6, 6.07) is 7.67. The molecule has 0 radical (unpaired) electrons. The topological polar surface area (TPSA) is 71.2 Å². The van der Waals surface area contributed by atoms with E-state index in [2.05, 4.69) is 10.2 Å². The monoisotopic (exact) mass is 272 g/mol. The first-order valence-corrected chi connectivity index (χ1v) is 6.68. The van der Waals surface area contributed by atoms with E-state index in [-0.39, 0.29) is 5.69 Å². The quantitative estimate of drug-likeness (QED) is 0.923. The molecule has 6 heteroatoms. The Labute approximate surface area is 116 Å². The maximum atomic E-state index is 11.3. The first kappa shape index (κ1) is 12.7. The zero-order valence-electron chi connectivity index (χ0n) is 11.3. The number of aryl methyl sites for hydroxylation is 1. The van der Waals surface area contributed by atoms with E-state index < -0.39 is 5.97 Å². The normalized spacial score (nSPS) is 14.8. The van der Waals surface area contributed by atoms with Crippen LogP contribution in [0.15, 0.2) is 24.3 Å². The molecule has 0 saturated carbocycles. The molecule has 0 unspecified atom stereocenters. The van der Waals surface area contributed by atoms with Crippen LogP contribution in [0.1, 0.15) is 28.9 Å². The minimum Gasteiger partial charge on any atom is -0.476 e. The Kier molecular flexibility index (Phi) is 3.14. The second kappa shape index (κ2) is 4.96. The van der Waals surface area contributed by atoms with Crippen LogP contribution >= 0.6 is 0 Å². The van der Waals surface area contributed by atoms with Gasteiger partial charge in [0.15, 0.2) is 5.82 Å². The molecule has 1 aromatic heterocycles. The highest BCUT2D eigenvalue weighted by atomic mass is 16.4. The van der Waals surface area contributed by atoms with Gasteiger partial charge >= 0.3 is 5.97 Å². The number of benzene rings is 1. The molecule has 2 heterocycles. The van der Waals surface area contributed by atoms with E-state index in [0.717, 1.165) is 37.2 Å². The Morgan fingerprint density at radius 2 is 1.80 bits per heavy atom. The summed E-state index contributed by atoms with van der Waals surface area (Å²) in [7, 11) is 0. The molecule has 6 nitrogen and oxygen atoms in total. The number of carboxylic acids is 1. The van der Waals surface area contributed by atoms with Crippen LogP contribution in [0.2, 0.25) is 0 Å². The number of carboxylic acid groups (broad SMARTS) is 1. The fraction of sp³-hybridized carbons (Fsp3) is 0.357. The van der Waals surface area contributed by atoms with Crippen molar-refractivity contribution in [1.82, 2.24) is 15.0 Å². The Balaban J connectivity index is 2.02. The van der Waals surface area contributed by atoms with Gasteiger partial charge in [-0.05, 0) is 31.9 Å². The zero-order valence-corrected chi connectivity index (χ0v) is 11.3. The molecule has 0 spiro atoms. The highest BCUT2D eigenvalue weighted by Crippen LogP contribution is 2.22. The zero-order chi connectivity index (χ0) is 14.1. The minimum absolute atomic E-state index is 0.0208. The van der Waals surface area contributed by atoms with Crippen LogP contribution in [0.3, 0.4) is 0 Å². The third-order valence-electron chi connectivity index (χ3n) is 3.47. The summed E-state index contributed by atoms with van der Waals surface area (Å²) in [6.45, 7) is 3.68. The van der Waals surface area contributed by atoms with Crippen LogP contribution in [0, 0.1) is 6.92 Å². The van der Waals surface area contributed by atoms with Crippen molar-refractivity contribution in [1.29, 1.82) is 0 Å². The predicted molar refractivity (Wildman–Crippen MR) is 74.5 cm³/mol. The molecule has 1 fully saturated rings. The molecule has 1 aliphatic heterocycles. The van der Waals surface area contributed by atoms with Crippen molar-refractivity contribution in [3.05, 3.63) is 35.5 Å². The number of hydrogen-bond donors (Lipinski definition) is 1. The van der Waals surface area contributed by atoms with E-state index in [1.54, 1.807) is 0 Å². The van der Waals surface area contributed by atoms with Crippen LogP contribution in [0.5, 0.6) is 0 Å². The van der Waals surface area contributed by atoms with Gasteiger partial charge in [-0.1, -0.05) is 17.7 Å². The van der Waals surface area contributed by atoms with Gasteiger partial charge in [0.1, 0.15) is 0 Å². The van der Waals surface area contributed by atoms with E-state index in [0.29, 0.717) is 5.82 Å². The van der Waals surface area contributed by atoms with Crippen molar-refractivity contribution in [3.8, 4) is 5.69 Å². The molecule has 1 N–H and O–H groups in total. The second-order valence-electron chi connectivity index (χ2n) is 5.00. The summed E-state index contributed by atoms with van der Waals surface area (Å²) in [5, 5.41) is 17.8. The van der Waals surface area contributed by atoms with Gasteiger partial charge in [-0.25, -0.2) is 4.79 Å². The fourth-order valence-corrected chi connectivity index (χ4v) is 2.37. The molecule has 20 heavy (non-hydrogen) atoms. The van der Waals surface area contributed by atoms with Gasteiger partial charge < -0.3 is 10.0 Å². The molecule has 1 aromatic carbocycles. The van der Waals surface area contributed by atoms with Gasteiger partial charge in [0.25, 0.3) is 0 Å². The van der Waals surface area contributed by atoms with Crippen LogP contribution < -0.4 is 4.90 Å². The average molecular weight is 272 g/mol. The third-order valence-corrected chi connectivity index (χ3v) is 3.47. The molecule has 0 aliphatic carbocycles. The largest absolute Gasteiger partial charge is 0.476 e. The number of rotatable bonds is 3. The lowest BCUT2D eigenvalue weighted by molar-refractivity contribution is 0.0690. The first-order valence-electron chi connectivity index (χ1n) is 6.68. The summed E-state index contributed by atoms with van der Waals surface area (Å²) in [5.41, 5.74) is 1.93. The van der Waals surface area contributed by atoms with E-state index in [1.807, 2.05) is 36.1 Å². The van der Waals surface area contributed by atoms with Crippen LogP contribution in [-0.4, -0.2) is 39.2 Å². The van der Waals surface area contributed by atoms with Crippen molar-refractivity contribution in [2.45, 2.75) is 19.8 Å². The molecule has 0 amide bonds. The Bertz CT molecular complexity index is 627. The SMILES string of the molecule is Cc1ccc(-n2nc(C(=O)O)c(N3CCCC3)n2)cc1. The van der Waals surface area contributed by atoms with Crippen LogP contribution in [0.4, 0.5) is 5.82 Å². The number of aromatic carboxylic acids is 1. The molecule has 3 rings (SSSR count). The minimum atomic E-state index is -1.04. The summed E-state index contributed by atoms with van der Waals surface area (Å²) >= 11 is 0. The summed E-state index contributed by atoms with van der Waals surface area (Å²) in [6.07, 6.45) is 2.13. The number of anilines is 1. The van der Waals surface area contributed by atoms with Crippen molar-refractivity contribution in [3.63, 3.8) is 0 Å². The van der Waals surface area contributed by atoms with Gasteiger partial charge in [-0.3, -0.25) is 0 Å². The van der Waals surface area contributed by atoms with Crippen molar-refractivity contribution >= 4 is 11.8 Å². The molecule has 1 aliphatic rings. The Morgan fingerprint density at radius 1 is 1.15 bits per heavy atom. The van der Waals surface area contributed by atoms with Gasteiger partial charge in [-0.2, -0.15) is 0 Å². The summed E-state index contributed by atoms with van der Waals surface area (Å²) in [5.74, 6) is -0.569. The third kappa shape index (κ3) is 2.24. The lowest BCUT2D eigenvalue weighted by Crippen LogP contribution is -2.20. The fourth-order valence-electron chi connectivity index (χ4n) is 2.37. The van der Waals surface area contributed by atoms with E-state index >= 15 is 0 Å². The lowest BCUT2D eigenvalue weighted by Gasteiger charge is -2.13. The number of carbonyl (C=O) groups is 1. The van der Waals surface area contributed by atoms with Crippen LogP contribution in [0.25, 0.3) is 5.69 Å². The van der Waals surface area contributed by atoms with E-state index in [9.17, 15) is 9.90 Å². The van der Waals surface area contributed by atoms with E-state index in [1.165, 1.54) is 4.80 Å². The molecule has 104 valence electrons. The Hall–Kier alpha value is -2.37. The first-order chi connectivity index (χ1) is 9.65. The molecule has 0 atom stereocenters. The number of hydrogen-bond acceptors (Lipinski definition) is 4. The maximum absolute atomic E-state index is 11.3. The molecule has 0 bridgehead atoms. The maximum Gasteiger partial charge on any atom is 0.360 e. The predicted octanol–water partition coefficient (Wildman–Crippen LogP) is 1.87. The standard InChI is InChI=1S/C14H16N4O2/c1-10-4-6-11(7-5-10)18-15-12(14(19)20)13(16-18)17-8-2-3-9-17/h4-7H,2-3,8-9H2,1H3,(H,19,20). The van der Waals surface area contributed by atoms with Crippen molar-refractivity contribution in [2.24, 2.45) is 0 Å². The van der Waals surface area contributed by atoms with E-state index in [4.69, 9.17) is 0 Å². The van der Waals surface area contributed by atoms with Crippen LogP contribution in [-0.2, 0) is 0 Å². The van der Waals surface area contributed by atoms with Gasteiger partial charge in [0.05, 0.1) is 5.69 Å². The van der Waals surface area contributed by atoms with Gasteiger partial charge in [0, 0.05) is 13.1 Å². The van der Waals surface area contributed by atoms with Crippen molar-refractivity contribution < 1.29 is 9.90 Å². The smallest absolute Gasteiger partial charge is 0.360 e. The average Bonchev–Trinajstić information content (AvgIpc) is 3.08.